The maximum atomic E-state index is 12.8. The normalized spacial score (nSPS) is 16.0. The first kappa shape index (κ1) is 36.0. The van der Waals surface area contributed by atoms with Crippen molar-refractivity contribution in [2.24, 2.45) is 15.7 Å². The lowest BCUT2D eigenvalue weighted by Crippen LogP contribution is -2.32. The lowest BCUT2D eigenvalue weighted by molar-refractivity contribution is -0.172. The second kappa shape index (κ2) is 15.6. The number of hydrogen-bond donors (Lipinski definition) is 1. The van der Waals surface area contributed by atoms with Crippen molar-refractivity contribution in [3.05, 3.63) is 130 Å². The molecule has 268 valence electrons. The minimum Gasteiger partial charge on any atom is -0.366 e. The quantitative estimate of drug-likeness (QED) is 0.261. The largest absolute Gasteiger partial charge is 0.366 e. The van der Waals surface area contributed by atoms with Gasteiger partial charge in [0.15, 0.2) is 0 Å². The van der Waals surface area contributed by atoms with Crippen LogP contribution in [0.1, 0.15) is 79.2 Å². The molecule has 0 aliphatic carbocycles. The lowest BCUT2D eigenvalue weighted by Gasteiger charge is -2.17. The summed E-state index contributed by atoms with van der Waals surface area (Å²) in [6.45, 7) is 5.42. The Morgan fingerprint density at radius 3 is 1.53 bits per heavy atom. The molecule has 0 unspecified atom stereocenters. The smallest absolute Gasteiger partial charge is 0.363 e. The summed E-state index contributed by atoms with van der Waals surface area (Å²) in [7, 11) is 0. The third-order valence-corrected chi connectivity index (χ3v) is 8.90. The number of likely N-dealkylation sites (N-methyl/N-ethyl adjacent to an activating group) is 2. The molecule has 0 atom stereocenters. The van der Waals surface area contributed by atoms with Crippen molar-refractivity contribution in [2.75, 3.05) is 22.9 Å². The van der Waals surface area contributed by atoms with Gasteiger partial charge in [0.1, 0.15) is 11.7 Å². The van der Waals surface area contributed by atoms with Crippen LogP contribution in [0.5, 0.6) is 0 Å². The van der Waals surface area contributed by atoms with Gasteiger partial charge in [0.05, 0.1) is 5.56 Å². The van der Waals surface area contributed by atoms with Gasteiger partial charge in [-0.15, -0.1) is 5.06 Å². The molecule has 0 bridgehead atoms. The lowest BCUT2D eigenvalue weighted by atomic mass is 10.1. The highest BCUT2D eigenvalue weighted by atomic mass is 16.7. The summed E-state index contributed by atoms with van der Waals surface area (Å²) >= 11 is 0. The van der Waals surface area contributed by atoms with Crippen LogP contribution >= 0.6 is 0 Å². The van der Waals surface area contributed by atoms with Crippen LogP contribution in [-0.4, -0.2) is 65.3 Å². The van der Waals surface area contributed by atoms with Crippen molar-refractivity contribution in [1.82, 2.24) is 5.06 Å². The highest BCUT2D eigenvalue weighted by Crippen LogP contribution is 2.30. The van der Waals surface area contributed by atoms with Gasteiger partial charge < -0.3 is 20.4 Å². The third-order valence-electron chi connectivity index (χ3n) is 8.90. The first-order chi connectivity index (χ1) is 25.6. The molecule has 7 rings (SSSR count). The Kier molecular flexibility index (Phi) is 10.6. The SMILES string of the molecule is CCN1C(=NC(=O)c2cccc(C(=O)ON3C(=O)CCC3=O)c2)Cc2ccccc21.CCN1C(=NC(=O)c2cccc(C(N)=O)c2)Cc2ccccc21. The highest BCUT2D eigenvalue weighted by molar-refractivity contribution is 6.14. The molecule has 5 amide bonds. The minimum absolute atomic E-state index is 0.0123. The average Bonchev–Trinajstić information content (AvgIpc) is 3.82. The molecule has 4 aromatic rings. The number of amidine groups is 2. The summed E-state index contributed by atoms with van der Waals surface area (Å²) in [5.41, 5.74) is 10.6. The van der Waals surface area contributed by atoms with Gasteiger partial charge in [-0.3, -0.25) is 24.0 Å². The molecule has 4 aromatic carbocycles. The molecular weight excluding hydrogens is 676 g/mol. The molecule has 1 fully saturated rings. The van der Waals surface area contributed by atoms with Crippen LogP contribution in [0.2, 0.25) is 0 Å². The molecule has 0 aromatic heterocycles. The van der Waals surface area contributed by atoms with Gasteiger partial charge in [-0.2, -0.15) is 9.98 Å². The number of aliphatic imine (C=N–C) groups is 2. The number of imide groups is 1. The summed E-state index contributed by atoms with van der Waals surface area (Å²) < 4.78 is 0. The third kappa shape index (κ3) is 7.78. The van der Waals surface area contributed by atoms with E-state index >= 15 is 0 Å². The molecule has 1 saturated heterocycles. The van der Waals surface area contributed by atoms with Crippen molar-refractivity contribution in [3.63, 3.8) is 0 Å². The first-order valence-electron chi connectivity index (χ1n) is 17.1. The number of hydrogen-bond acceptors (Lipinski definition) is 7. The molecule has 3 aliphatic heterocycles. The van der Waals surface area contributed by atoms with Crippen molar-refractivity contribution in [3.8, 4) is 0 Å². The van der Waals surface area contributed by atoms with Crippen LogP contribution in [0.3, 0.4) is 0 Å². The number of amides is 5. The van der Waals surface area contributed by atoms with E-state index in [2.05, 4.69) is 9.98 Å². The Balaban J connectivity index is 0.000000188. The summed E-state index contributed by atoms with van der Waals surface area (Å²) in [5.74, 6) is -2.05. The number of hydroxylamine groups is 2. The van der Waals surface area contributed by atoms with Crippen LogP contribution in [0, 0.1) is 0 Å². The molecule has 53 heavy (non-hydrogen) atoms. The fourth-order valence-corrected chi connectivity index (χ4v) is 6.30. The second-order valence-corrected chi connectivity index (χ2v) is 12.3. The number of carbonyl (C=O) groups excluding carboxylic acids is 6. The number of para-hydroxylation sites is 2. The summed E-state index contributed by atoms with van der Waals surface area (Å²) in [6, 6.07) is 28.1. The van der Waals surface area contributed by atoms with Crippen LogP contribution < -0.4 is 15.5 Å². The predicted octanol–water partition coefficient (Wildman–Crippen LogP) is 4.94. The standard InChI is InChI=1S/C22H19N3O5.C18H17N3O2/c1-2-24-17-9-4-3-6-14(17)13-18(24)23-21(28)15-7-5-8-16(12-15)22(29)30-25-19(26)10-11-20(25)27;1-2-21-15-9-4-3-6-12(15)11-16(21)20-18(23)14-8-5-7-13(10-14)17(19)22/h3-9,12H,2,10-11,13H2,1H3;3-10H,2,11H2,1H3,(H2,19,22). The average molecular weight is 713 g/mol. The van der Waals surface area contributed by atoms with Crippen molar-refractivity contribution >= 4 is 58.6 Å². The van der Waals surface area contributed by atoms with Gasteiger partial charge in [0.25, 0.3) is 23.6 Å². The van der Waals surface area contributed by atoms with Gasteiger partial charge in [-0.1, -0.05) is 48.5 Å². The zero-order chi connectivity index (χ0) is 37.6. The fourth-order valence-electron chi connectivity index (χ4n) is 6.30. The number of carbonyl (C=O) groups is 6. The second-order valence-electron chi connectivity index (χ2n) is 12.3. The van der Waals surface area contributed by atoms with E-state index in [1.807, 2.05) is 72.2 Å². The van der Waals surface area contributed by atoms with Crippen LogP contribution in [0.15, 0.2) is 107 Å². The number of nitrogens with zero attached hydrogens (tertiary/aromatic N) is 5. The Labute approximate surface area is 305 Å². The van der Waals surface area contributed by atoms with E-state index in [0.29, 0.717) is 41.4 Å². The molecule has 3 aliphatic rings. The molecule has 0 saturated carbocycles. The molecule has 2 N–H and O–H groups in total. The van der Waals surface area contributed by atoms with Gasteiger partial charge in [-0.25, -0.2) is 4.79 Å². The van der Waals surface area contributed by atoms with E-state index in [9.17, 15) is 28.8 Å². The van der Waals surface area contributed by atoms with E-state index in [-0.39, 0.29) is 29.9 Å². The minimum atomic E-state index is -0.885. The topological polar surface area (TPSA) is 172 Å². The van der Waals surface area contributed by atoms with Gasteiger partial charge in [0.2, 0.25) is 5.91 Å². The van der Waals surface area contributed by atoms with Crippen molar-refractivity contribution < 1.29 is 33.6 Å². The van der Waals surface area contributed by atoms with Crippen molar-refractivity contribution in [2.45, 2.75) is 39.5 Å². The predicted molar refractivity (Wildman–Crippen MR) is 198 cm³/mol. The number of benzene rings is 4. The highest BCUT2D eigenvalue weighted by Gasteiger charge is 2.33. The zero-order valence-electron chi connectivity index (χ0n) is 29.2. The van der Waals surface area contributed by atoms with Gasteiger partial charge >= 0.3 is 5.97 Å². The van der Waals surface area contributed by atoms with E-state index < -0.39 is 29.6 Å². The monoisotopic (exact) mass is 712 g/mol. The molecule has 0 radical (unpaired) electrons. The molecule has 13 heteroatoms. The number of anilines is 2. The Morgan fingerprint density at radius 1 is 0.623 bits per heavy atom. The fraction of sp³-hybridized carbons (Fsp3) is 0.200. The Hall–Kier alpha value is -6.76. The molecular formula is C40H36N6O7. The number of nitrogens with two attached hydrogens (primary N) is 1. The van der Waals surface area contributed by atoms with Gasteiger partial charge in [-0.05, 0) is 73.5 Å². The van der Waals surface area contributed by atoms with Crippen LogP contribution in [0.25, 0.3) is 0 Å². The summed E-state index contributed by atoms with van der Waals surface area (Å²) in [6.07, 6.45) is 1.21. The van der Waals surface area contributed by atoms with Crippen LogP contribution in [-0.2, 0) is 27.3 Å². The first-order valence-corrected chi connectivity index (χ1v) is 17.1. The Morgan fingerprint density at radius 2 is 1.06 bits per heavy atom. The maximum Gasteiger partial charge on any atom is 0.363 e. The molecule has 0 spiro atoms. The maximum absolute atomic E-state index is 12.8. The van der Waals surface area contributed by atoms with Crippen molar-refractivity contribution in [1.29, 1.82) is 0 Å². The van der Waals surface area contributed by atoms with Crippen LogP contribution in [0.4, 0.5) is 11.4 Å². The summed E-state index contributed by atoms with van der Waals surface area (Å²) in [4.78, 5) is 89.5. The molecule has 3 heterocycles. The van der Waals surface area contributed by atoms with E-state index in [1.54, 1.807) is 24.3 Å². The summed E-state index contributed by atoms with van der Waals surface area (Å²) in [5, 5.41) is 0.478. The Bertz CT molecular complexity index is 2190. The van der Waals surface area contributed by atoms with E-state index in [0.717, 1.165) is 34.9 Å². The van der Waals surface area contributed by atoms with E-state index in [4.69, 9.17) is 10.6 Å². The zero-order valence-corrected chi connectivity index (χ0v) is 29.2. The van der Waals surface area contributed by atoms with E-state index in [1.165, 1.54) is 24.3 Å². The molecule has 13 nitrogen and oxygen atoms in total. The number of fused-ring (bicyclic) bond motifs is 2. The number of primary amides is 1. The number of rotatable bonds is 7. The van der Waals surface area contributed by atoms with Gasteiger partial charge in [0, 0.05) is 66.8 Å².